The van der Waals surface area contributed by atoms with Gasteiger partial charge in [0.05, 0.1) is 30.2 Å². The second-order valence-corrected chi connectivity index (χ2v) is 8.21. The summed E-state index contributed by atoms with van der Waals surface area (Å²) in [6.07, 6.45) is -2.73. The Morgan fingerprint density at radius 2 is 2.00 bits per heavy atom. The fourth-order valence-electron chi connectivity index (χ4n) is 4.53. The van der Waals surface area contributed by atoms with E-state index in [1.807, 2.05) is 29.7 Å². The van der Waals surface area contributed by atoms with E-state index in [9.17, 15) is 27.9 Å². The SMILES string of the molecule is C[C@H]1CCC(c2ccc3c(c2)nc2n3CCN(CC(F)(F)F)C2)N(C(=O)C(=O)O)C1. The van der Waals surface area contributed by atoms with Gasteiger partial charge in [0.15, 0.2) is 0 Å². The fraction of sp³-hybridized carbons (Fsp3) is 0.550. The molecule has 10 heteroatoms. The first-order chi connectivity index (χ1) is 14.1. The van der Waals surface area contributed by atoms with Gasteiger partial charge in [0.1, 0.15) is 5.82 Å². The zero-order valence-corrected chi connectivity index (χ0v) is 16.5. The number of aliphatic carboxylic acids is 1. The van der Waals surface area contributed by atoms with Crippen LogP contribution in [0.2, 0.25) is 0 Å². The Balaban J connectivity index is 1.63. The van der Waals surface area contributed by atoms with Crippen LogP contribution in [0.25, 0.3) is 11.0 Å². The molecule has 2 aliphatic heterocycles. The third kappa shape index (κ3) is 4.00. The summed E-state index contributed by atoms with van der Waals surface area (Å²) >= 11 is 0. The van der Waals surface area contributed by atoms with Crippen LogP contribution in [0.5, 0.6) is 0 Å². The zero-order chi connectivity index (χ0) is 21.6. The van der Waals surface area contributed by atoms with Crippen molar-refractivity contribution in [2.24, 2.45) is 5.92 Å². The third-order valence-corrected chi connectivity index (χ3v) is 5.91. The van der Waals surface area contributed by atoms with E-state index in [0.29, 0.717) is 37.4 Å². The van der Waals surface area contributed by atoms with Crippen LogP contribution in [-0.4, -0.2) is 62.1 Å². The molecule has 0 spiro atoms. The van der Waals surface area contributed by atoms with Crippen molar-refractivity contribution < 1.29 is 27.9 Å². The third-order valence-electron chi connectivity index (χ3n) is 5.91. The second-order valence-electron chi connectivity index (χ2n) is 8.21. The molecule has 1 fully saturated rings. The first-order valence-electron chi connectivity index (χ1n) is 9.94. The van der Waals surface area contributed by atoms with Gasteiger partial charge < -0.3 is 14.6 Å². The number of piperidine rings is 1. The van der Waals surface area contributed by atoms with Crippen molar-refractivity contribution in [1.29, 1.82) is 0 Å². The maximum atomic E-state index is 12.7. The number of carboxylic acids is 1. The lowest BCUT2D eigenvalue weighted by Gasteiger charge is -2.38. The number of hydrogen-bond acceptors (Lipinski definition) is 4. The molecular weight excluding hydrogens is 401 g/mol. The minimum atomic E-state index is -4.25. The normalized spacial score (nSPS) is 22.9. The van der Waals surface area contributed by atoms with Crippen molar-refractivity contribution in [1.82, 2.24) is 19.4 Å². The van der Waals surface area contributed by atoms with Crippen LogP contribution < -0.4 is 0 Å². The molecule has 2 aromatic rings. The van der Waals surface area contributed by atoms with E-state index in [1.54, 1.807) is 0 Å². The number of hydrogen-bond donors (Lipinski definition) is 1. The number of aromatic nitrogens is 2. The van der Waals surface area contributed by atoms with Gasteiger partial charge in [-0.1, -0.05) is 13.0 Å². The Morgan fingerprint density at radius 3 is 2.70 bits per heavy atom. The van der Waals surface area contributed by atoms with Gasteiger partial charge in [-0.2, -0.15) is 13.2 Å². The van der Waals surface area contributed by atoms with E-state index in [0.717, 1.165) is 17.5 Å². The van der Waals surface area contributed by atoms with Gasteiger partial charge in [-0.15, -0.1) is 0 Å². The molecule has 1 N–H and O–H groups in total. The summed E-state index contributed by atoms with van der Waals surface area (Å²) in [5.74, 6) is -1.60. The molecule has 7 nitrogen and oxygen atoms in total. The molecule has 1 aromatic heterocycles. The van der Waals surface area contributed by atoms with Gasteiger partial charge in [-0.25, -0.2) is 9.78 Å². The highest BCUT2D eigenvalue weighted by Gasteiger charge is 2.35. The quantitative estimate of drug-likeness (QED) is 0.751. The number of carbonyl (C=O) groups is 2. The van der Waals surface area contributed by atoms with Gasteiger partial charge in [-0.3, -0.25) is 9.69 Å². The van der Waals surface area contributed by atoms with Crippen LogP contribution in [-0.2, 0) is 22.7 Å². The van der Waals surface area contributed by atoms with Crippen molar-refractivity contribution in [3.63, 3.8) is 0 Å². The van der Waals surface area contributed by atoms with Crippen LogP contribution in [0, 0.1) is 5.92 Å². The topological polar surface area (TPSA) is 78.7 Å². The molecule has 2 aliphatic rings. The molecule has 0 bridgehead atoms. The number of nitrogens with zero attached hydrogens (tertiary/aromatic N) is 4. The summed E-state index contributed by atoms with van der Waals surface area (Å²) in [5.41, 5.74) is 2.28. The van der Waals surface area contributed by atoms with Crippen LogP contribution in [0.15, 0.2) is 18.2 Å². The van der Waals surface area contributed by atoms with Crippen molar-refractivity contribution >= 4 is 22.9 Å². The Labute approximate surface area is 171 Å². The number of rotatable bonds is 2. The molecule has 162 valence electrons. The molecule has 1 amide bonds. The lowest BCUT2D eigenvalue weighted by Crippen LogP contribution is -2.44. The summed E-state index contributed by atoms with van der Waals surface area (Å²) in [6.45, 7) is 2.23. The average Bonchev–Trinajstić information content (AvgIpc) is 3.02. The number of carboxylic acid groups (broad SMARTS) is 1. The molecule has 1 aromatic carbocycles. The second kappa shape index (κ2) is 7.57. The maximum Gasteiger partial charge on any atom is 0.401 e. The summed E-state index contributed by atoms with van der Waals surface area (Å²) in [4.78, 5) is 30.8. The van der Waals surface area contributed by atoms with E-state index in [1.165, 1.54) is 9.80 Å². The van der Waals surface area contributed by atoms with E-state index < -0.39 is 24.6 Å². The number of amides is 1. The Bertz CT molecular complexity index is 988. The van der Waals surface area contributed by atoms with E-state index in [2.05, 4.69) is 4.98 Å². The van der Waals surface area contributed by atoms with Crippen molar-refractivity contribution in [2.45, 2.75) is 45.1 Å². The van der Waals surface area contributed by atoms with E-state index in [4.69, 9.17) is 0 Å². The van der Waals surface area contributed by atoms with Crippen molar-refractivity contribution in [3.05, 3.63) is 29.6 Å². The number of alkyl halides is 3. The van der Waals surface area contributed by atoms with Crippen LogP contribution >= 0.6 is 0 Å². The largest absolute Gasteiger partial charge is 0.474 e. The molecule has 30 heavy (non-hydrogen) atoms. The molecule has 0 radical (unpaired) electrons. The minimum Gasteiger partial charge on any atom is -0.474 e. The summed E-state index contributed by atoms with van der Waals surface area (Å²) < 4.78 is 40.1. The zero-order valence-electron chi connectivity index (χ0n) is 16.5. The highest BCUT2D eigenvalue weighted by molar-refractivity contribution is 6.31. The predicted molar refractivity (Wildman–Crippen MR) is 102 cm³/mol. The van der Waals surface area contributed by atoms with E-state index in [-0.39, 0.29) is 18.5 Å². The van der Waals surface area contributed by atoms with Crippen LogP contribution in [0.4, 0.5) is 13.2 Å². The average molecular weight is 424 g/mol. The Morgan fingerprint density at radius 1 is 1.23 bits per heavy atom. The maximum absolute atomic E-state index is 12.7. The summed E-state index contributed by atoms with van der Waals surface area (Å²) in [7, 11) is 0. The summed E-state index contributed by atoms with van der Waals surface area (Å²) in [6, 6.07) is 5.21. The predicted octanol–water partition coefficient (Wildman–Crippen LogP) is 2.80. The molecular formula is C20H23F3N4O3. The van der Waals surface area contributed by atoms with Crippen molar-refractivity contribution in [2.75, 3.05) is 19.6 Å². The fourth-order valence-corrected chi connectivity index (χ4v) is 4.53. The molecule has 1 unspecified atom stereocenters. The van der Waals surface area contributed by atoms with Gasteiger partial charge in [0.2, 0.25) is 0 Å². The number of fused-ring (bicyclic) bond motifs is 3. The Hall–Kier alpha value is -2.62. The molecule has 0 aliphatic carbocycles. The molecule has 2 atom stereocenters. The molecule has 3 heterocycles. The first kappa shape index (κ1) is 20.6. The number of likely N-dealkylation sites (tertiary alicyclic amines) is 1. The first-order valence-corrected chi connectivity index (χ1v) is 9.94. The van der Waals surface area contributed by atoms with Crippen LogP contribution in [0.3, 0.4) is 0 Å². The number of benzene rings is 1. The van der Waals surface area contributed by atoms with Crippen LogP contribution in [0.1, 0.15) is 37.2 Å². The monoisotopic (exact) mass is 424 g/mol. The number of imidazole rings is 1. The lowest BCUT2D eigenvalue weighted by atomic mass is 9.89. The summed E-state index contributed by atoms with van der Waals surface area (Å²) in [5, 5.41) is 9.18. The minimum absolute atomic E-state index is 0.119. The standard InChI is InChI=1S/C20H23F3N4O3/c1-12-2-4-15(27(9-12)18(28)19(29)30)13-3-5-16-14(8-13)24-17-10-25(6-7-26(16)17)11-20(21,22)23/h3,5,8,12,15H,2,4,6-7,9-11H2,1H3,(H,29,30)/t12-,15?/m0/s1. The molecule has 4 rings (SSSR count). The Kier molecular flexibility index (Phi) is 5.21. The number of halogens is 3. The van der Waals surface area contributed by atoms with Gasteiger partial charge in [-0.05, 0) is 36.5 Å². The van der Waals surface area contributed by atoms with Gasteiger partial charge >= 0.3 is 18.1 Å². The lowest BCUT2D eigenvalue weighted by molar-refractivity contribution is -0.158. The number of carbonyl (C=O) groups excluding carboxylic acids is 1. The van der Waals surface area contributed by atoms with Gasteiger partial charge in [0, 0.05) is 19.6 Å². The van der Waals surface area contributed by atoms with E-state index >= 15 is 0 Å². The molecule has 0 saturated carbocycles. The highest BCUT2D eigenvalue weighted by atomic mass is 19.4. The smallest absolute Gasteiger partial charge is 0.401 e. The van der Waals surface area contributed by atoms with Crippen molar-refractivity contribution in [3.8, 4) is 0 Å². The van der Waals surface area contributed by atoms with Gasteiger partial charge in [0.25, 0.3) is 0 Å². The molecule has 1 saturated heterocycles. The highest BCUT2D eigenvalue weighted by Crippen LogP contribution is 2.35.